The van der Waals surface area contributed by atoms with Gasteiger partial charge in [-0.3, -0.25) is 4.57 Å². The lowest BCUT2D eigenvalue weighted by Crippen LogP contribution is -2.27. The molecule has 0 unspecified atom stereocenters. The van der Waals surface area contributed by atoms with Crippen molar-refractivity contribution in [3.8, 4) is 5.95 Å². The second-order valence-electron chi connectivity index (χ2n) is 5.47. The summed E-state index contributed by atoms with van der Waals surface area (Å²) < 4.78 is 1.72. The fourth-order valence-electron chi connectivity index (χ4n) is 2.79. The van der Waals surface area contributed by atoms with Crippen molar-refractivity contribution < 1.29 is 0 Å². The highest BCUT2D eigenvalue weighted by Gasteiger charge is 2.20. The maximum atomic E-state index is 5.99. The molecule has 2 aromatic rings. The summed E-state index contributed by atoms with van der Waals surface area (Å²) in [4.78, 5) is 16.7. The van der Waals surface area contributed by atoms with Gasteiger partial charge >= 0.3 is 0 Å². The smallest absolute Gasteiger partial charge is 0.241 e. The van der Waals surface area contributed by atoms with Crippen LogP contribution in [0, 0.1) is 5.92 Å². The molecule has 0 aliphatic heterocycles. The van der Waals surface area contributed by atoms with Crippen LogP contribution in [-0.2, 0) is 0 Å². The Morgan fingerprint density at radius 2 is 2.05 bits per heavy atom. The summed E-state index contributed by atoms with van der Waals surface area (Å²) in [6, 6.07) is 0.418. The van der Waals surface area contributed by atoms with Gasteiger partial charge in [0.05, 0.1) is 0 Å². The second kappa shape index (κ2) is 6.39. The van der Waals surface area contributed by atoms with Crippen LogP contribution in [0.1, 0.15) is 39.0 Å². The Balaban J connectivity index is 1.71. The Hall–Kier alpha value is -1.69. The molecular formula is C14H19ClN6. The minimum absolute atomic E-state index is 0.193. The molecule has 0 atom stereocenters. The molecule has 1 fully saturated rings. The third kappa shape index (κ3) is 3.50. The monoisotopic (exact) mass is 306 g/mol. The molecule has 6 nitrogen and oxygen atoms in total. The number of hydrogen-bond donors (Lipinski definition) is 1. The summed E-state index contributed by atoms with van der Waals surface area (Å²) in [5.41, 5.74) is 0. The van der Waals surface area contributed by atoms with Gasteiger partial charge in [0, 0.05) is 18.4 Å². The molecule has 0 saturated heterocycles. The van der Waals surface area contributed by atoms with Gasteiger partial charge in [0.2, 0.25) is 17.2 Å². The molecule has 2 aromatic heterocycles. The van der Waals surface area contributed by atoms with E-state index in [1.807, 2.05) is 0 Å². The number of nitrogens with one attached hydrogen (secondary N) is 1. The Bertz CT molecular complexity index is 577. The quantitative estimate of drug-likeness (QED) is 0.940. The molecule has 3 rings (SSSR count). The van der Waals surface area contributed by atoms with Gasteiger partial charge in [-0.1, -0.05) is 13.3 Å². The first-order valence-electron chi connectivity index (χ1n) is 7.41. The van der Waals surface area contributed by atoms with Crippen molar-refractivity contribution in [2.75, 3.05) is 5.32 Å². The topological polar surface area (TPSA) is 68.5 Å². The van der Waals surface area contributed by atoms with E-state index in [1.165, 1.54) is 19.3 Å². The molecule has 0 bridgehead atoms. The van der Waals surface area contributed by atoms with Crippen LogP contribution in [0.3, 0.4) is 0 Å². The van der Waals surface area contributed by atoms with Crippen molar-refractivity contribution in [2.45, 2.75) is 45.1 Å². The van der Waals surface area contributed by atoms with E-state index >= 15 is 0 Å². The lowest BCUT2D eigenvalue weighted by molar-refractivity contribution is 0.329. The Morgan fingerprint density at radius 3 is 2.71 bits per heavy atom. The molecular weight excluding hydrogens is 288 g/mol. The first-order chi connectivity index (χ1) is 10.2. The predicted molar refractivity (Wildman–Crippen MR) is 81.6 cm³/mol. The molecule has 112 valence electrons. The van der Waals surface area contributed by atoms with Gasteiger partial charge in [-0.2, -0.15) is 15.0 Å². The van der Waals surface area contributed by atoms with E-state index in [0.29, 0.717) is 17.9 Å². The van der Waals surface area contributed by atoms with Gasteiger partial charge in [0.15, 0.2) is 0 Å². The molecule has 21 heavy (non-hydrogen) atoms. The van der Waals surface area contributed by atoms with E-state index in [0.717, 1.165) is 18.8 Å². The summed E-state index contributed by atoms with van der Waals surface area (Å²) in [5.74, 6) is 1.89. The summed E-state index contributed by atoms with van der Waals surface area (Å²) in [6.07, 6.45) is 11.2. The number of nitrogens with zero attached hydrogens (tertiary/aromatic N) is 5. The van der Waals surface area contributed by atoms with Gasteiger partial charge in [-0.25, -0.2) is 4.98 Å². The van der Waals surface area contributed by atoms with E-state index in [-0.39, 0.29) is 5.28 Å². The Kier molecular flexibility index (Phi) is 4.34. The molecule has 7 heteroatoms. The molecule has 1 N–H and O–H groups in total. The van der Waals surface area contributed by atoms with Crippen molar-refractivity contribution in [3.05, 3.63) is 24.0 Å². The van der Waals surface area contributed by atoms with Crippen molar-refractivity contribution in [3.63, 3.8) is 0 Å². The van der Waals surface area contributed by atoms with Gasteiger partial charge < -0.3 is 5.32 Å². The molecule has 0 radical (unpaired) electrons. The Labute approximate surface area is 129 Å². The first-order valence-corrected chi connectivity index (χ1v) is 7.79. The highest BCUT2D eigenvalue weighted by Crippen LogP contribution is 2.28. The molecule has 1 aliphatic carbocycles. The zero-order valence-electron chi connectivity index (χ0n) is 12.0. The number of hydrogen-bond acceptors (Lipinski definition) is 5. The van der Waals surface area contributed by atoms with Crippen LogP contribution in [0.4, 0.5) is 5.95 Å². The Morgan fingerprint density at radius 1 is 1.24 bits per heavy atom. The normalized spacial score (nSPS) is 22.2. The molecule has 2 heterocycles. The van der Waals surface area contributed by atoms with Crippen molar-refractivity contribution in [2.24, 2.45) is 5.92 Å². The van der Waals surface area contributed by atoms with Gasteiger partial charge in [0.25, 0.3) is 0 Å². The van der Waals surface area contributed by atoms with E-state index < -0.39 is 0 Å². The standard InChI is InChI=1S/C14H19ClN6/c1-2-10-3-5-11(6-4-10)17-13-18-12(15)19-14(20-13)21-8-7-16-9-21/h7-11H,2-6H2,1H3,(H,17,18,19,20). The summed E-state index contributed by atoms with van der Waals surface area (Å²) in [5, 5.41) is 3.58. The van der Waals surface area contributed by atoms with Gasteiger partial charge in [-0.05, 0) is 43.2 Å². The molecule has 1 saturated carbocycles. The largest absolute Gasteiger partial charge is 0.351 e. The van der Waals surface area contributed by atoms with Crippen molar-refractivity contribution in [1.29, 1.82) is 0 Å². The predicted octanol–water partition coefficient (Wildman–Crippen LogP) is 3.09. The zero-order chi connectivity index (χ0) is 14.7. The number of halogens is 1. The fraction of sp³-hybridized carbons (Fsp3) is 0.571. The minimum Gasteiger partial charge on any atom is -0.351 e. The summed E-state index contributed by atoms with van der Waals surface area (Å²) in [7, 11) is 0. The summed E-state index contributed by atoms with van der Waals surface area (Å²) >= 11 is 5.99. The number of rotatable bonds is 4. The van der Waals surface area contributed by atoms with E-state index in [2.05, 4.69) is 32.2 Å². The van der Waals surface area contributed by atoms with Gasteiger partial charge in [-0.15, -0.1) is 0 Å². The molecule has 0 aromatic carbocycles. The lowest BCUT2D eigenvalue weighted by Gasteiger charge is -2.28. The fourth-order valence-corrected chi connectivity index (χ4v) is 2.95. The average Bonchev–Trinajstić information content (AvgIpc) is 3.02. The lowest BCUT2D eigenvalue weighted by atomic mass is 9.85. The molecule has 0 spiro atoms. The van der Waals surface area contributed by atoms with Crippen LogP contribution < -0.4 is 5.32 Å². The van der Waals surface area contributed by atoms with E-state index in [9.17, 15) is 0 Å². The van der Waals surface area contributed by atoms with Crippen LogP contribution >= 0.6 is 11.6 Å². The number of anilines is 1. The van der Waals surface area contributed by atoms with E-state index in [1.54, 1.807) is 23.3 Å². The third-order valence-electron chi connectivity index (χ3n) is 4.09. The van der Waals surface area contributed by atoms with Crippen LogP contribution in [0.2, 0.25) is 5.28 Å². The van der Waals surface area contributed by atoms with Gasteiger partial charge in [0.1, 0.15) is 6.33 Å². The zero-order valence-corrected chi connectivity index (χ0v) is 12.8. The van der Waals surface area contributed by atoms with Crippen molar-refractivity contribution >= 4 is 17.5 Å². The SMILES string of the molecule is CCC1CCC(Nc2nc(Cl)nc(-n3ccnc3)n2)CC1. The summed E-state index contributed by atoms with van der Waals surface area (Å²) in [6.45, 7) is 2.27. The highest BCUT2D eigenvalue weighted by atomic mass is 35.5. The van der Waals surface area contributed by atoms with Crippen LogP contribution in [0.15, 0.2) is 18.7 Å². The van der Waals surface area contributed by atoms with Crippen LogP contribution in [0.25, 0.3) is 5.95 Å². The number of imidazole rings is 1. The van der Waals surface area contributed by atoms with Crippen LogP contribution in [0.5, 0.6) is 0 Å². The van der Waals surface area contributed by atoms with Crippen LogP contribution in [-0.4, -0.2) is 30.5 Å². The molecule has 1 aliphatic rings. The first kappa shape index (κ1) is 14.3. The minimum atomic E-state index is 0.193. The number of aromatic nitrogens is 5. The second-order valence-corrected chi connectivity index (χ2v) is 5.81. The molecule has 0 amide bonds. The maximum absolute atomic E-state index is 5.99. The maximum Gasteiger partial charge on any atom is 0.241 e. The van der Waals surface area contributed by atoms with Crippen molar-refractivity contribution in [1.82, 2.24) is 24.5 Å². The van der Waals surface area contributed by atoms with E-state index in [4.69, 9.17) is 11.6 Å². The highest BCUT2D eigenvalue weighted by molar-refractivity contribution is 6.28. The average molecular weight is 307 g/mol. The third-order valence-corrected chi connectivity index (χ3v) is 4.26.